The van der Waals surface area contributed by atoms with Crippen LogP contribution in [0.5, 0.6) is 5.75 Å². The molecule has 0 saturated carbocycles. The van der Waals surface area contributed by atoms with Crippen molar-refractivity contribution in [1.29, 1.82) is 5.26 Å². The van der Waals surface area contributed by atoms with Crippen LogP contribution in [0, 0.1) is 11.3 Å². The molecule has 0 amide bonds. The SMILES string of the molecule is CC1(C)CC(NC2CCc3cccc(C#N)c32)c2ccccc2O1. The van der Waals surface area contributed by atoms with Crippen LogP contribution in [0.1, 0.15) is 61.0 Å². The van der Waals surface area contributed by atoms with Crippen molar-refractivity contribution in [3.63, 3.8) is 0 Å². The monoisotopic (exact) mass is 318 g/mol. The van der Waals surface area contributed by atoms with Crippen molar-refractivity contribution in [2.75, 3.05) is 0 Å². The van der Waals surface area contributed by atoms with Crippen LogP contribution < -0.4 is 10.1 Å². The molecule has 1 aliphatic carbocycles. The highest BCUT2D eigenvalue weighted by molar-refractivity contribution is 5.48. The highest BCUT2D eigenvalue weighted by atomic mass is 16.5. The molecule has 122 valence electrons. The fourth-order valence-corrected chi connectivity index (χ4v) is 4.14. The van der Waals surface area contributed by atoms with Crippen molar-refractivity contribution in [3.8, 4) is 11.8 Å². The van der Waals surface area contributed by atoms with Gasteiger partial charge in [-0.3, -0.25) is 0 Å². The van der Waals surface area contributed by atoms with Gasteiger partial charge in [0.1, 0.15) is 11.4 Å². The summed E-state index contributed by atoms with van der Waals surface area (Å²) in [6.45, 7) is 4.28. The molecule has 24 heavy (non-hydrogen) atoms. The second-order valence-corrected chi connectivity index (χ2v) is 7.40. The quantitative estimate of drug-likeness (QED) is 0.890. The zero-order valence-corrected chi connectivity index (χ0v) is 14.2. The molecular weight excluding hydrogens is 296 g/mol. The minimum atomic E-state index is -0.192. The number of rotatable bonds is 2. The van der Waals surface area contributed by atoms with Crippen LogP contribution in [0.2, 0.25) is 0 Å². The van der Waals surface area contributed by atoms with Gasteiger partial charge in [-0.15, -0.1) is 0 Å². The smallest absolute Gasteiger partial charge is 0.124 e. The Bertz CT molecular complexity index is 819. The van der Waals surface area contributed by atoms with Gasteiger partial charge in [-0.1, -0.05) is 30.3 Å². The van der Waals surface area contributed by atoms with Gasteiger partial charge < -0.3 is 10.1 Å². The molecule has 1 N–H and O–H groups in total. The van der Waals surface area contributed by atoms with Crippen LogP contribution >= 0.6 is 0 Å². The maximum atomic E-state index is 9.47. The Morgan fingerprint density at radius 3 is 2.79 bits per heavy atom. The second-order valence-electron chi connectivity index (χ2n) is 7.40. The molecule has 0 fully saturated rings. The Morgan fingerprint density at radius 1 is 1.12 bits per heavy atom. The van der Waals surface area contributed by atoms with E-state index in [4.69, 9.17) is 4.74 Å². The first-order valence-electron chi connectivity index (χ1n) is 8.63. The molecule has 0 bridgehead atoms. The van der Waals surface area contributed by atoms with Gasteiger partial charge in [0.05, 0.1) is 11.6 Å². The summed E-state index contributed by atoms with van der Waals surface area (Å²) in [6, 6.07) is 17.2. The van der Waals surface area contributed by atoms with Crippen LogP contribution in [0.4, 0.5) is 0 Å². The van der Waals surface area contributed by atoms with E-state index in [0.29, 0.717) is 0 Å². The van der Waals surface area contributed by atoms with E-state index in [-0.39, 0.29) is 17.7 Å². The average Bonchev–Trinajstić information content (AvgIpc) is 2.97. The summed E-state index contributed by atoms with van der Waals surface area (Å²) in [7, 11) is 0. The van der Waals surface area contributed by atoms with E-state index in [2.05, 4.69) is 43.4 Å². The maximum Gasteiger partial charge on any atom is 0.124 e. The van der Waals surface area contributed by atoms with E-state index in [0.717, 1.165) is 30.6 Å². The molecule has 4 rings (SSSR count). The molecule has 2 aromatic rings. The number of hydrogen-bond donors (Lipinski definition) is 1. The highest BCUT2D eigenvalue weighted by Gasteiger charge is 2.36. The Balaban J connectivity index is 1.68. The number of nitrogens with zero attached hydrogens (tertiary/aromatic N) is 1. The van der Waals surface area contributed by atoms with Gasteiger partial charge in [0, 0.05) is 24.1 Å². The van der Waals surface area contributed by atoms with Gasteiger partial charge in [-0.25, -0.2) is 0 Å². The first kappa shape index (κ1) is 15.2. The molecule has 3 heteroatoms. The number of nitriles is 1. The summed E-state index contributed by atoms with van der Waals surface area (Å²) in [5.41, 5.74) is 4.34. The number of benzene rings is 2. The molecule has 0 spiro atoms. The van der Waals surface area contributed by atoms with E-state index in [1.54, 1.807) is 0 Å². The van der Waals surface area contributed by atoms with E-state index < -0.39 is 0 Å². The molecule has 3 nitrogen and oxygen atoms in total. The standard InChI is InChI=1S/C21H22N2O/c1-21(2)12-18(16-8-3-4-9-19(16)24-21)23-17-11-10-14-6-5-7-15(13-22)20(14)17/h3-9,17-18,23H,10-12H2,1-2H3. The summed E-state index contributed by atoms with van der Waals surface area (Å²) in [5, 5.41) is 13.3. The minimum absolute atomic E-state index is 0.192. The zero-order valence-electron chi connectivity index (χ0n) is 14.2. The number of aryl methyl sites for hydroxylation is 1. The molecule has 0 saturated heterocycles. The number of hydrogen-bond acceptors (Lipinski definition) is 3. The van der Waals surface area contributed by atoms with Crippen LogP contribution in [-0.4, -0.2) is 5.60 Å². The molecular formula is C21H22N2O. The molecule has 1 heterocycles. The summed E-state index contributed by atoms with van der Waals surface area (Å²) in [6.07, 6.45) is 3.01. The minimum Gasteiger partial charge on any atom is -0.487 e. The first-order chi connectivity index (χ1) is 11.6. The van der Waals surface area contributed by atoms with Crippen molar-refractivity contribution in [2.45, 2.75) is 50.8 Å². The molecule has 2 atom stereocenters. The Morgan fingerprint density at radius 2 is 1.96 bits per heavy atom. The lowest BCUT2D eigenvalue weighted by atomic mass is 9.88. The molecule has 0 aromatic heterocycles. The van der Waals surface area contributed by atoms with Crippen molar-refractivity contribution in [3.05, 3.63) is 64.7 Å². The summed E-state index contributed by atoms with van der Waals surface area (Å²) in [4.78, 5) is 0. The highest BCUT2D eigenvalue weighted by Crippen LogP contribution is 2.42. The summed E-state index contributed by atoms with van der Waals surface area (Å²) in [5.74, 6) is 0.970. The van der Waals surface area contributed by atoms with E-state index >= 15 is 0 Å². The van der Waals surface area contributed by atoms with Crippen LogP contribution in [0.3, 0.4) is 0 Å². The van der Waals surface area contributed by atoms with E-state index in [1.165, 1.54) is 16.7 Å². The largest absolute Gasteiger partial charge is 0.487 e. The van der Waals surface area contributed by atoms with Crippen molar-refractivity contribution in [2.24, 2.45) is 0 Å². The summed E-state index contributed by atoms with van der Waals surface area (Å²) >= 11 is 0. The third-order valence-corrected chi connectivity index (χ3v) is 5.15. The van der Waals surface area contributed by atoms with Gasteiger partial charge in [0.2, 0.25) is 0 Å². The molecule has 2 aromatic carbocycles. The first-order valence-corrected chi connectivity index (χ1v) is 8.63. The lowest BCUT2D eigenvalue weighted by Crippen LogP contribution is -2.40. The van der Waals surface area contributed by atoms with Crippen LogP contribution in [0.15, 0.2) is 42.5 Å². The normalized spacial score (nSPS) is 23.7. The number of ether oxygens (including phenoxy) is 1. The van der Waals surface area contributed by atoms with Crippen LogP contribution in [0.25, 0.3) is 0 Å². The predicted molar refractivity (Wildman–Crippen MR) is 93.9 cm³/mol. The fraction of sp³-hybridized carbons (Fsp3) is 0.381. The Kier molecular flexibility index (Phi) is 3.58. The lowest BCUT2D eigenvalue weighted by Gasteiger charge is -2.39. The van der Waals surface area contributed by atoms with Crippen molar-refractivity contribution < 1.29 is 4.74 Å². The maximum absolute atomic E-state index is 9.47. The van der Waals surface area contributed by atoms with E-state index in [9.17, 15) is 5.26 Å². The third kappa shape index (κ3) is 2.57. The summed E-state index contributed by atoms with van der Waals surface area (Å²) < 4.78 is 6.14. The van der Waals surface area contributed by atoms with Gasteiger partial charge in [-0.05, 0) is 49.9 Å². The molecule has 1 aliphatic heterocycles. The van der Waals surface area contributed by atoms with Crippen molar-refractivity contribution >= 4 is 0 Å². The van der Waals surface area contributed by atoms with Gasteiger partial charge in [0.25, 0.3) is 0 Å². The average molecular weight is 318 g/mol. The fourth-order valence-electron chi connectivity index (χ4n) is 4.14. The van der Waals surface area contributed by atoms with Gasteiger partial charge in [0.15, 0.2) is 0 Å². The molecule has 2 aliphatic rings. The van der Waals surface area contributed by atoms with E-state index in [1.807, 2.05) is 24.3 Å². The number of para-hydroxylation sites is 1. The second kappa shape index (κ2) is 5.65. The molecule has 2 unspecified atom stereocenters. The zero-order chi connectivity index (χ0) is 16.7. The molecule has 0 radical (unpaired) electrons. The van der Waals surface area contributed by atoms with Crippen LogP contribution in [-0.2, 0) is 6.42 Å². The number of nitrogens with one attached hydrogen (secondary N) is 1. The Hall–Kier alpha value is -2.31. The third-order valence-electron chi connectivity index (χ3n) is 5.15. The predicted octanol–water partition coefficient (Wildman–Crippen LogP) is 4.44. The van der Waals surface area contributed by atoms with Gasteiger partial charge >= 0.3 is 0 Å². The Labute approximate surface area is 143 Å². The topological polar surface area (TPSA) is 45.0 Å². The number of fused-ring (bicyclic) bond motifs is 2. The lowest BCUT2D eigenvalue weighted by molar-refractivity contribution is 0.0636. The van der Waals surface area contributed by atoms with Crippen molar-refractivity contribution in [1.82, 2.24) is 5.32 Å². The van der Waals surface area contributed by atoms with Gasteiger partial charge in [-0.2, -0.15) is 5.26 Å².